The van der Waals surface area contributed by atoms with Crippen LogP contribution < -0.4 is 9.62 Å². The van der Waals surface area contributed by atoms with Crippen LogP contribution in [0.25, 0.3) is 0 Å². The van der Waals surface area contributed by atoms with Gasteiger partial charge in [0.15, 0.2) is 5.03 Å². The maximum atomic E-state index is 13.0. The number of rotatable bonds is 4. The van der Waals surface area contributed by atoms with E-state index >= 15 is 0 Å². The third kappa shape index (κ3) is 2.22. The molecule has 1 aromatic heterocycles. The maximum Gasteiger partial charge on any atom is 0.281 e. The number of nitrogens with zero attached hydrogens (tertiary/aromatic N) is 2. The molecule has 1 atom stereocenters. The lowest BCUT2D eigenvalue weighted by Gasteiger charge is -2.24. The molecule has 112 valence electrons. The Balaban J connectivity index is 2.08. The molecule has 2 N–H and O–H groups in total. The second-order valence-corrected chi connectivity index (χ2v) is 6.99. The lowest BCUT2D eigenvalue weighted by Crippen LogP contribution is -2.36. The van der Waals surface area contributed by atoms with Gasteiger partial charge in [0.05, 0.1) is 11.9 Å². The minimum absolute atomic E-state index is 0.0989. The van der Waals surface area contributed by atoms with E-state index in [1.165, 1.54) is 4.31 Å². The predicted molar refractivity (Wildman–Crippen MR) is 80.6 cm³/mol. The van der Waals surface area contributed by atoms with Crippen molar-refractivity contribution in [3.8, 4) is 0 Å². The van der Waals surface area contributed by atoms with Crippen molar-refractivity contribution >= 4 is 15.7 Å². The van der Waals surface area contributed by atoms with Crippen LogP contribution >= 0.6 is 0 Å². The molecule has 6 nitrogen and oxygen atoms in total. The monoisotopic (exact) mass is 306 g/mol. The van der Waals surface area contributed by atoms with E-state index < -0.39 is 10.0 Å². The number of hydrogen-bond acceptors (Lipinski definition) is 4. The molecule has 1 unspecified atom stereocenters. The van der Waals surface area contributed by atoms with Gasteiger partial charge in [0.1, 0.15) is 0 Å². The van der Waals surface area contributed by atoms with Crippen molar-refractivity contribution in [3.05, 3.63) is 41.6 Å². The number of aromatic nitrogens is 2. The van der Waals surface area contributed by atoms with E-state index in [0.29, 0.717) is 12.1 Å². The second kappa shape index (κ2) is 5.16. The minimum atomic E-state index is -3.64. The highest BCUT2D eigenvalue weighted by Gasteiger charge is 2.37. The zero-order valence-electron chi connectivity index (χ0n) is 12.0. The quantitative estimate of drug-likeness (QED) is 0.891. The minimum Gasteiger partial charge on any atom is -0.316 e. The van der Waals surface area contributed by atoms with Gasteiger partial charge in [0.2, 0.25) is 0 Å². The van der Waals surface area contributed by atoms with Crippen LogP contribution in [-0.4, -0.2) is 31.7 Å². The van der Waals surface area contributed by atoms with Crippen molar-refractivity contribution in [3.63, 3.8) is 0 Å². The molecular weight excluding hydrogens is 288 g/mol. The van der Waals surface area contributed by atoms with Crippen molar-refractivity contribution in [1.82, 2.24) is 15.5 Å². The number of fused-ring (bicyclic) bond motifs is 1. The van der Waals surface area contributed by atoms with E-state index in [9.17, 15) is 8.42 Å². The number of nitrogens with one attached hydrogen (secondary N) is 2. The molecule has 7 heteroatoms. The summed E-state index contributed by atoms with van der Waals surface area (Å²) in [6.45, 7) is 2.38. The van der Waals surface area contributed by atoms with Crippen LogP contribution in [0.1, 0.15) is 18.1 Å². The standard InChI is InChI=1S/C14H18N4O2S/c1-10-7-11-5-3-4-6-13(11)18(10)21(19,20)14-12(8-15-2)9-16-17-14/h3-6,9-10,15H,7-8H2,1-2H3,(H,16,17). The van der Waals surface area contributed by atoms with Crippen LogP contribution in [0.5, 0.6) is 0 Å². The van der Waals surface area contributed by atoms with Gasteiger partial charge in [-0.15, -0.1) is 0 Å². The molecule has 0 aliphatic carbocycles. The summed E-state index contributed by atoms with van der Waals surface area (Å²) >= 11 is 0. The molecule has 21 heavy (non-hydrogen) atoms. The van der Waals surface area contributed by atoms with Crippen LogP contribution in [0, 0.1) is 0 Å². The number of benzene rings is 1. The summed E-state index contributed by atoms with van der Waals surface area (Å²) in [5, 5.41) is 9.66. The molecule has 1 aliphatic heterocycles. The van der Waals surface area contributed by atoms with Crippen molar-refractivity contribution in [2.75, 3.05) is 11.4 Å². The van der Waals surface area contributed by atoms with E-state index in [1.807, 2.05) is 31.2 Å². The third-order valence-electron chi connectivity index (χ3n) is 3.71. The van der Waals surface area contributed by atoms with Gasteiger partial charge < -0.3 is 5.32 Å². The predicted octanol–water partition coefficient (Wildman–Crippen LogP) is 1.27. The van der Waals surface area contributed by atoms with E-state index in [4.69, 9.17) is 0 Å². The van der Waals surface area contributed by atoms with Crippen LogP contribution in [-0.2, 0) is 23.0 Å². The zero-order chi connectivity index (χ0) is 15.0. The SMILES string of the molecule is CNCc1cn[nH]c1S(=O)(=O)N1c2ccccc2CC1C. The van der Waals surface area contributed by atoms with Crippen LogP contribution in [0.4, 0.5) is 5.69 Å². The number of aromatic amines is 1. The van der Waals surface area contributed by atoms with Gasteiger partial charge in [-0.05, 0) is 32.0 Å². The molecule has 3 rings (SSSR count). The first-order chi connectivity index (χ1) is 10.1. The Labute approximate surface area is 124 Å². The lowest BCUT2D eigenvalue weighted by molar-refractivity contribution is 0.578. The van der Waals surface area contributed by atoms with Gasteiger partial charge in [-0.1, -0.05) is 18.2 Å². The number of para-hydroxylation sites is 1. The summed E-state index contributed by atoms with van der Waals surface area (Å²) in [6.07, 6.45) is 2.28. The van der Waals surface area contributed by atoms with Crippen LogP contribution in [0.2, 0.25) is 0 Å². The molecule has 0 saturated carbocycles. The summed E-state index contributed by atoms with van der Waals surface area (Å²) in [5.41, 5.74) is 2.47. The Bertz CT molecular complexity index is 754. The summed E-state index contributed by atoms with van der Waals surface area (Å²) in [7, 11) is -1.86. The molecule has 0 saturated heterocycles. The number of sulfonamides is 1. The highest BCUT2D eigenvalue weighted by atomic mass is 32.2. The smallest absolute Gasteiger partial charge is 0.281 e. The van der Waals surface area contributed by atoms with E-state index in [-0.39, 0.29) is 11.1 Å². The maximum absolute atomic E-state index is 13.0. The normalized spacial score (nSPS) is 18.0. The number of H-pyrrole nitrogens is 1. The molecule has 0 fully saturated rings. The molecule has 0 radical (unpaired) electrons. The van der Waals surface area contributed by atoms with E-state index in [2.05, 4.69) is 15.5 Å². The molecule has 0 amide bonds. The summed E-state index contributed by atoms with van der Waals surface area (Å²) in [6, 6.07) is 7.52. The number of hydrogen-bond donors (Lipinski definition) is 2. The first kappa shape index (κ1) is 14.1. The first-order valence-corrected chi connectivity index (χ1v) is 8.29. The van der Waals surface area contributed by atoms with Gasteiger partial charge in [-0.3, -0.25) is 9.40 Å². The van der Waals surface area contributed by atoms with Gasteiger partial charge in [-0.2, -0.15) is 13.5 Å². The Hall–Kier alpha value is -1.86. The number of anilines is 1. The van der Waals surface area contributed by atoms with E-state index in [0.717, 1.165) is 17.7 Å². The molecule has 0 bridgehead atoms. The largest absolute Gasteiger partial charge is 0.316 e. The summed E-state index contributed by atoms with van der Waals surface area (Å²) in [5.74, 6) is 0. The lowest BCUT2D eigenvalue weighted by atomic mass is 10.1. The average Bonchev–Trinajstić information content (AvgIpc) is 3.02. The summed E-state index contributed by atoms with van der Waals surface area (Å²) < 4.78 is 27.5. The molecular formula is C14H18N4O2S. The molecule has 1 aromatic carbocycles. The Morgan fingerprint density at radius 1 is 1.43 bits per heavy atom. The Kier molecular flexibility index (Phi) is 3.46. The fraction of sp³-hybridized carbons (Fsp3) is 0.357. The van der Waals surface area contributed by atoms with Crippen molar-refractivity contribution in [2.24, 2.45) is 0 Å². The van der Waals surface area contributed by atoms with Crippen LogP contribution in [0.3, 0.4) is 0 Å². The average molecular weight is 306 g/mol. The second-order valence-electron chi connectivity index (χ2n) is 5.24. The van der Waals surface area contributed by atoms with E-state index in [1.54, 1.807) is 13.2 Å². The van der Waals surface area contributed by atoms with Crippen molar-refractivity contribution in [1.29, 1.82) is 0 Å². The summed E-state index contributed by atoms with van der Waals surface area (Å²) in [4.78, 5) is 0. The van der Waals surface area contributed by atoms with Gasteiger partial charge in [0.25, 0.3) is 10.0 Å². The highest BCUT2D eigenvalue weighted by Crippen LogP contribution is 2.36. The highest BCUT2D eigenvalue weighted by molar-refractivity contribution is 7.92. The Morgan fingerprint density at radius 3 is 2.95 bits per heavy atom. The van der Waals surface area contributed by atoms with Crippen molar-refractivity contribution < 1.29 is 8.42 Å². The molecule has 0 spiro atoms. The Morgan fingerprint density at radius 2 is 2.19 bits per heavy atom. The fourth-order valence-corrected chi connectivity index (χ4v) is 4.65. The van der Waals surface area contributed by atoms with Crippen molar-refractivity contribution in [2.45, 2.75) is 31.0 Å². The van der Waals surface area contributed by atoms with Gasteiger partial charge >= 0.3 is 0 Å². The fourth-order valence-electron chi connectivity index (χ4n) is 2.84. The first-order valence-electron chi connectivity index (χ1n) is 6.85. The third-order valence-corrected chi connectivity index (χ3v) is 5.65. The zero-order valence-corrected chi connectivity index (χ0v) is 12.8. The molecule has 2 heterocycles. The van der Waals surface area contributed by atoms with Gasteiger partial charge in [0, 0.05) is 18.2 Å². The molecule has 1 aliphatic rings. The topological polar surface area (TPSA) is 78.1 Å². The van der Waals surface area contributed by atoms with Crippen LogP contribution in [0.15, 0.2) is 35.5 Å². The van der Waals surface area contributed by atoms with Gasteiger partial charge in [-0.25, -0.2) is 0 Å². The molecule has 2 aromatic rings.